The fourth-order valence-corrected chi connectivity index (χ4v) is 16.8. The van der Waals surface area contributed by atoms with Crippen molar-refractivity contribution in [1.82, 2.24) is 110 Å². The Morgan fingerprint density at radius 1 is 0.417 bits per heavy atom. The summed E-state index contributed by atoms with van der Waals surface area (Å²) in [6.07, 6.45) is 1.24. The van der Waals surface area contributed by atoms with E-state index in [0.29, 0.717) is 47.4 Å². The number of aromatic nitrogens is 2. The van der Waals surface area contributed by atoms with Gasteiger partial charge < -0.3 is 142 Å². The van der Waals surface area contributed by atoms with Gasteiger partial charge in [-0.1, -0.05) is 76.2 Å². The molecule has 0 aliphatic carbocycles. The number of thiol groups is 2. The normalized spacial score (nSPS) is 24.4. The smallest absolute Gasteiger partial charge is 0.246 e. The second-order valence-electron chi connectivity index (χ2n) is 36.4. The molecule has 3 fully saturated rings. The number of nitrogens with two attached hydrogens (primary N) is 2. The summed E-state index contributed by atoms with van der Waals surface area (Å²) < 4.78 is 5.37. The van der Waals surface area contributed by atoms with E-state index >= 15 is 52.7 Å². The first-order valence-electron chi connectivity index (χ1n) is 48.1. The topological polar surface area (TPSA) is 696 Å². The maximum absolute atomic E-state index is 15.5. The molecule has 144 heavy (non-hydrogen) atoms. The highest BCUT2D eigenvalue weighted by molar-refractivity contribution is 7.80. The Morgan fingerprint density at radius 2 is 0.750 bits per heavy atom. The highest BCUT2D eigenvalue weighted by Gasteiger charge is 2.46. The number of phenolic OH excluding ortho intramolecular Hbond substituents is 3. The lowest BCUT2D eigenvalue weighted by atomic mass is 10.0. The molecule has 16 atom stereocenters. The molecule has 4 heterocycles. The molecule has 0 bridgehead atoms. The van der Waals surface area contributed by atoms with Gasteiger partial charge in [0.2, 0.25) is 100 Å². The van der Waals surface area contributed by atoms with Crippen LogP contribution in [0.2, 0.25) is 0 Å². The number of nitrogens with one attached hydrogen (secondary N) is 19. The Balaban J connectivity index is 1.19. The lowest BCUT2D eigenvalue weighted by Gasteiger charge is -2.34. The molecule has 8 rings (SSSR count). The molecule has 0 spiro atoms. The van der Waals surface area contributed by atoms with E-state index in [4.69, 9.17) is 21.6 Å². The van der Waals surface area contributed by atoms with Crippen LogP contribution in [0.4, 0.5) is 0 Å². The third-order valence-corrected chi connectivity index (χ3v) is 25.1. The molecule has 3 aliphatic rings. The van der Waals surface area contributed by atoms with Gasteiger partial charge in [-0.3, -0.25) is 86.9 Å². The van der Waals surface area contributed by atoms with Gasteiger partial charge in [-0.15, -0.1) is 0 Å². The number of carbonyl (C=O) groups is 17. The van der Waals surface area contributed by atoms with Crippen molar-refractivity contribution in [3.05, 3.63) is 138 Å². The van der Waals surface area contributed by atoms with Crippen LogP contribution in [0.1, 0.15) is 153 Å². The van der Waals surface area contributed by atoms with E-state index in [-0.39, 0.29) is 151 Å². The van der Waals surface area contributed by atoms with Gasteiger partial charge in [0.05, 0.1) is 25.7 Å². The number of nitrogens with zero attached hydrogens (tertiary/aromatic N) is 3. The van der Waals surface area contributed by atoms with Crippen molar-refractivity contribution in [3.8, 4) is 23.0 Å². The number of amides is 17. The van der Waals surface area contributed by atoms with E-state index in [2.05, 4.69) is 126 Å². The van der Waals surface area contributed by atoms with Crippen LogP contribution in [0.3, 0.4) is 0 Å². The summed E-state index contributed by atoms with van der Waals surface area (Å²) in [5.74, 6) is -18.0. The number of H-pyrrole nitrogens is 1. The molecule has 48 heteroatoms. The van der Waals surface area contributed by atoms with Gasteiger partial charge in [-0.25, -0.2) is 4.98 Å². The summed E-state index contributed by atoms with van der Waals surface area (Å²) in [7, 11) is 1.42. The number of aliphatic hydroxyl groups excluding tert-OH is 1. The third kappa shape index (κ3) is 37.1. The Bertz CT molecular complexity index is 5190. The van der Waals surface area contributed by atoms with Crippen LogP contribution >= 0.6 is 25.3 Å². The Labute approximate surface area is 845 Å². The third-order valence-electron chi connectivity index (χ3n) is 24.3. The number of guanidine groups is 1. The molecule has 0 unspecified atom stereocenters. The van der Waals surface area contributed by atoms with Crippen LogP contribution < -0.4 is 107 Å². The Hall–Kier alpha value is -13.9. The molecule has 46 nitrogen and oxygen atoms in total. The summed E-state index contributed by atoms with van der Waals surface area (Å²) in [4.78, 5) is 261. The van der Waals surface area contributed by atoms with Gasteiger partial charge in [0, 0.05) is 87.9 Å². The zero-order valence-electron chi connectivity index (χ0n) is 81.7. The monoisotopic (exact) mass is 2040 g/mol. The summed E-state index contributed by atoms with van der Waals surface area (Å²) in [5.41, 5.74) is 13.1. The minimum absolute atomic E-state index is 0.00132. The van der Waals surface area contributed by atoms with Gasteiger partial charge in [0.1, 0.15) is 120 Å². The number of fused-ring (bicyclic) bond motifs is 2. The van der Waals surface area contributed by atoms with Crippen LogP contribution in [0.5, 0.6) is 23.0 Å². The molecule has 786 valence electrons. The van der Waals surface area contributed by atoms with E-state index in [1.54, 1.807) is 24.3 Å². The molecule has 27 N–H and O–H groups in total. The van der Waals surface area contributed by atoms with Crippen molar-refractivity contribution in [1.29, 1.82) is 5.41 Å². The number of methoxy groups -OCH3 is 1. The molecule has 3 aliphatic heterocycles. The van der Waals surface area contributed by atoms with Crippen molar-refractivity contribution in [2.45, 2.75) is 266 Å². The highest BCUT2D eigenvalue weighted by atomic mass is 32.1. The first-order valence-corrected chi connectivity index (χ1v) is 49.4. The summed E-state index contributed by atoms with van der Waals surface area (Å²) >= 11 is 8.74. The predicted octanol–water partition coefficient (Wildman–Crippen LogP) is -3.80. The zero-order chi connectivity index (χ0) is 105. The number of aliphatic hydroxyl groups is 1. The van der Waals surface area contributed by atoms with Crippen LogP contribution in [0, 0.1) is 5.41 Å². The number of benzene rings is 4. The van der Waals surface area contributed by atoms with Gasteiger partial charge in [-0.05, 0) is 175 Å². The van der Waals surface area contributed by atoms with Gasteiger partial charge >= 0.3 is 0 Å². The van der Waals surface area contributed by atoms with Crippen LogP contribution in [0.25, 0.3) is 0 Å². The zero-order valence-corrected chi connectivity index (χ0v) is 83.5. The van der Waals surface area contributed by atoms with Crippen LogP contribution in [-0.2, 0) is 114 Å². The maximum Gasteiger partial charge on any atom is 0.246 e. The highest BCUT2D eigenvalue weighted by Crippen LogP contribution is 2.28. The molecule has 0 saturated carbocycles. The standard InChI is InChI=1S/C96H138N24O22S2/c1-52(2)101-37-9-8-14-68-94(140)120-41-13-18-78(120)95(141)119-40-12-17-77(119)93(139)115-72(44-58-23-31-63(124)32-24-58)88(134)114-73(46-60-47-100-51-104-60)85(131)105-55(6)81(127)117-75(49-143)92(138)116-74(48-121)90(136)106-54(5)80(126)111-69(45-59-25-33-64(142-7)34-26-59)86(132)108-65(15-10-38-102-53(3)4)82(128)107-66(16-11-39-103-96(98)99)83(129)112-71(43-57-21-29-62(123)30-22-57)89(135)118-76(50-144)91(137)113-70(42-56-19-27-61(122)28-20-56)87(133)109-67(84(130)110-68)35-36-79(97)125/h19-34,47,51-55,65-78,101-102,121-124,143-144H,8-18,35-46,48-50H2,1-7H3,(H2,97,125)(H,100,104)(H,105,131)(H,106,136)(H,107,128)(H,108,132)(H,109,133)(H,110,130)(H,111,126)(H,112,129)(H,113,137)(H,114,134)(H,115,139)(H,116,138)(H,117,127)(H,118,135)(H4,98,99,103)/t54-,55-,65-,66-,67-,68-,69+,70-,71-,72-,73-,74-,75-,76-,77-,78+/m0/s1. The second kappa shape index (κ2) is 58.0. The van der Waals surface area contributed by atoms with Crippen LogP contribution in [-0.4, -0.2) is 313 Å². The molecule has 5 aromatic rings. The number of carbonyl (C=O) groups excluding carboxylic acids is 17. The minimum atomic E-state index is -1.84. The summed E-state index contributed by atoms with van der Waals surface area (Å²) in [6.45, 7) is 9.66. The van der Waals surface area contributed by atoms with E-state index in [0.717, 1.165) is 0 Å². The van der Waals surface area contributed by atoms with Crippen molar-refractivity contribution in [2.24, 2.45) is 11.5 Å². The number of hydrogen-bond donors (Lipinski definition) is 27. The van der Waals surface area contributed by atoms with E-state index < -0.39 is 234 Å². The first-order chi connectivity index (χ1) is 68.6. The Kier molecular flexibility index (Phi) is 46.5. The van der Waals surface area contributed by atoms with Crippen LogP contribution in [0.15, 0.2) is 110 Å². The molecular weight excluding hydrogens is 1910 g/mol. The number of unbranched alkanes of at least 4 members (excludes halogenated alkanes) is 1. The number of hydrogen-bond acceptors (Lipinski definition) is 28. The predicted molar refractivity (Wildman–Crippen MR) is 534 cm³/mol. The minimum Gasteiger partial charge on any atom is -0.508 e. The van der Waals surface area contributed by atoms with Gasteiger partial charge in [-0.2, -0.15) is 25.3 Å². The largest absolute Gasteiger partial charge is 0.508 e. The summed E-state index contributed by atoms with van der Waals surface area (Å²) in [6, 6.07) is -2.26. The average molecular weight is 2040 g/mol. The average Bonchev–Trinajstić information content (AvgIpc) is 1.64. The SMILES string of the molecule is COc1ccc(C[C@H]2NC(=O)[C@H](C)NC(=O)[C@H](CO)NC(=O)[C@H](CS)NC(=O)[C@H](C)NC(=O)[C@H](Cc3c[nH]cn3)NC(=O)[C@H](Cc3ccc(O)cc3)NC(=O)[C@@H]3CCCN3C(=O)[C@H]3CCCN3C(=O)[C@H](CCCCNC(C)C)NC(=O)[C@H](CCC(N)=O)NC(=O)[C@H](Cc3ccc(O)cc3)NC(=O)[C@H](CS)NC(=O)[C@H](Cc3ccc(O)cc3)NC(=O)[C@H](CCCNC(=N)N)NC(=O)[C@H](CCCNC(C)C)NC2=O)cc1. The van der Waals surface area contributed by atoms with E-state index in [9.17, 15) is 49.2 Å². The molecule has 1 aromatic heterocycles. The fraction of sp³-hybridized carbons (Fsp3) is 0.531. The molecule has 3 saturated heterocycles. The quantitative estimate of drug-likeness (QED) is 0.00850. The number of imidazole rings is 1. The Morgan fingerprint density at radius 3 is 1.16 bits per heavy atom. The van der Waals surface area contributed by atoms with Gasteiger partial charge in [0.25, 0.3) is 0 Å². The summed E-state index contributed by atoms with van der Waals surface area (Å²) in [5, 5.41) is 95.4. The van der Waals surface area contributed by atoms with Gasteiger partial charge in [0.15, 0.2) is 5.96 Å². The molecule has 17 amide bonds. The van der Waals surface area contributed by atoms with Crippen molar-refractivity contribution >= 4 is 132 Å². The maximum atomic E-state index is 15.5. The van der Waals surface area contributed by atoms with Crippen molar-refractivity contribution in [3.63, 3.8) is 0 Å². The molecule has 4 aromatic carbocycles. The second-order valence-corrected chi connectivity index (χ2v) is 37.1. The number of ether oxygens (including phenoxy) is 1. The number of aromatic amines is 1. The van der Waals surface area contributed by atoms with Crippen molar-refractivity contribution < 1.29 is 107 Å². The number of primary amides is 1. The lowest BCUT2D eigenvalue weighted by molar-refractivity contribution is -0.148. The first kappa shape index (κ1) is 115. The molecular formula is C96H138N24O22S2. The molecule has 0 radical (unpaired) electrons. The van der Waals surface area contributed by atoms with E-state index in [1.807, 2.05) is 27.7 Å². The number of aromatic hydroxyl groups is 3. The van der Waals surface area contributed by atoms with E-state index in [1.165, 1.54) is 116 Å². The lowest BCUT2D eigenvalue weighted by Crippen LogP contribution is -2.62. The van der Waals surface area contributed by atoms with Crippen molar-refractivity contribution in [2.75, 3.05) is 57.9 Å². The number of phenols is 3. The number of rotatable bonds is 32. The fourth-order valence-electron chi connectivity index (χ4n) is 16.3.